The van der Waals surface area contributed by atoms with Gasteiger partial charge in [-0.05, 0) is 45.1 Å². The predicted molar refractivity (Wildman–Crippen MR) is 69.6 cm³/mol. The third-order valence-electron chi connectivity index (χ3n) is 3.67. The Morgan fingerprint density at radius 2 is 2.19 bits per heavy atom. The highest BCUT2D eigenvalue weighted by Crippen LogP contribution is 2.26. The number of piperidine rings is 1. The monoisotopic (exact) mass is 227 g/mol. The van der Waals surface area contributed by atoms with Crippen LogP contribution in [0.25, 0.3) is 0 Å². The number of aliphatic hydroxyl groups is 1. The molecule has 1 rings (SSSR count). The molecule has 0 bridgehead atoms. The quantitative estimate of drug-likeness (QED) is 0.731. The van der Waals surface area contributed by atoms with Crippen molar-refractivity contribution in [3.05, 3.63) is 0 Å². The van der Waals surface area contributed by atoms with Gasteiger partial charge in [-0.3, -0.25) is 0 Å². The van der Waals surface area contributed by atoms with Crippen molar-refractivity contribution in [2.24, 2.45) is 5.92 Å². The average Bonchev–Trinajstić information content (AvgIpc) is 2.17. The third kappa shape index (κ3) is 5.31. The van der Waals surface area contributed by atoms with E-state index in [4.69, 9.17) is 0 Å². The molecule has 2 nitrogen and oxygen atoms in total. The van der Waals surface area contributed by atoms with Gasteiger partial charge >= 0.3 is 0 Å². The van der Waals surface area contributed by atoms with Gasteiger partial charge in [0.2, 0.25) is 0 Å². The molecule has 0 amide bonds. The van der Waals surface area contributed by atoms with E-state index in [1.165, 1.54) is 32.1 Å². The topological polar surface area (TPSA) is 32.3 Å². The first-order valence-corrected chi connectivity index (χ1v) is 6.99. The van der Waals surface area contributed by atoms with Crippen molar-refractivity contribution < 1.29 is 5.11 Å². The van der Waals surface area contributed by atoms with E-state index >= 15 is 0 Å². The van der Waals surface area contributed by atoms with Crippen molar-refractivity contribution in [1.82, 2.24) is 5.32 Å². The Labute approximate surface area is 101 Å². The molecular formula is C14H29NO. The summed E-state index contributed by atoms with van der Waals surface area (Å²) in [4.78, 5) is 0. The van der Waals surface area contributed by atoms with E-state index in [9.17, 15) is 5.11 Å². The molecule has 0 aromatic rings. The van der Waals surface area contributed by atoms with Crippen LogP contribution in [0.4, 0.5) is 0 Å². The van der Waals surface area contributed by atoms with Crippen LogP contribution in [0, 0.1) is 5.92 Å². The molecular weight excluding hydrogens is 198 g/mol. The summed E-state index contributed by atoms with van der Waals surface area (Å²) < 4.78 is 0. The summed E-state index contributed by atoms with van der Waals surface area (Å²) in [5, 5.41) is 13.9. The summed E-state index contributed by atoms with van der Waals surface area (Å²) in [6, 6.07) is 0.539. The van der Waals surface area contributed by atoms with E-state index in [1.54, 1.807) is 0 Å². The molecule has 1 aliphatic heterocycles. The molecule has 96 valence electrons. The summed E-state index contributed by atoms with van der Waals surface area (Å²) in [6.07, 6.45) is 8.16. The van der Waals surface area contributed by atoms with Crippen LogP contribution >= 0.6 is 0 Å². The van der Waals surface area contributed by atoms with Gasteiger partial charge in [-0.25, -0.2) is 0 Å². The maximum absolute atomic E-state index is 10.4. The van der Waals surface area contributed by atoms with Gasteiger partial charge in [-0.15, -0.1) is 0 Å². The maximum atomic E-state index is 10.4. The Morgan fingerprint density at radius 1 is 1.44 bits per heavy atom. The van der Waals surface area contributed by atoms with Gasteiger partial charge in [-0.1, -0.05) is 33.1 Å². The smallest absolute Gasteiger partial charge is 0.0637 e. The van der Waals surface area contributed by atoms with Crippen LogP contribution < -0.4 is 5.32 Å². The number of rotatable bonds is 6. The van der Waals surface area contributed by atoms with Crippen molar-refractivity contribution in [2.45, 2.75) is 77.4 Å². The maximum Gasteiger partial charge on any atom is 0.0637 e. The van der Waals surface area contributed by atoms with Crippen LogP contribution in [-0.4, -0.2) is 23.3 Å². The van der Waals surface area contributed by atoms with Crippen LogP contribution in [0.5, 0.6) is 0 Å². The van der Waals surface area contributed by atoms with Gasteiger partial charge in [-0.2, -0.15) is 0 Å². The fraction of sp³-hybridized carbons (Fsp3) is 1.00. The third-order valence-corrected chi connectivity index (χ3v) is 3.67. The van der Waals surface area contributed by atoms with Gasteiger partial charge in [0.1, 0.15) is 0 Å². The molecule has 0 aliphatic carbocycles. The van der Waals surface area contributed by atoms with E-state index in [-0.39, 0.29) is 0 Å². The lowest BCUT2D eigenvalue weighted by molar-refractivity contribution is 0.0143. The van der Waals surface area contributed by atoms with Crippen LogP contribution in [0.3, 0.4) is 0 Å². The van der Waals surface area contributed by atoms with Gasteiger partial charge in [0.25, 0.3) is 0 Å². The van der Waals surface area contributed by atoms with E-state index < -0.39 is 5.60 Å². The zero-order valence-corrected chi connectivity index (χ0v) is 11.3. The molecule has 3 unspecified atom stereocenters. The molecule has 1 heterocycles. The van der Waals surface area contributed by atoms with Gasteiger partial charge in [0.05, 0.1) is 5.60 Å². The Kier molecular flexibility index (Phi) is 5.77. The minimum absolute atomic E-state index is 0.483. The second-order valence-corrected chi connectivity index (χ2v) is 5.95. The molecule has 16 heavy (non-hydrogen) atoms. The zero-order valence-electron chi connectivity index (χ0n) is 11.3. The Morgan fingerprint density at radius 3 is 2.75 bits per heavy atom. The fourth-order valence-corrected chi connectivity index (χ4v) is 3.06. The Hall–Kier alpha value is -0.0800. The number of hydrogen-bond acceptors (Lipinski definition) is 2. The molecule has 3 atom stereocenters. The molecule has 0 radical (unpaired) electrons. The summed E-state index contributed by atoms with van der Waals surface area (Å²) in [6.45, 7) is 7.61. The minimum Gasteiger partial charge on any atom is -0.390 e. The lowest BCUT2D eigenvalue weighted by atomic mass is 9.84. The van der Waals surface area contributed by atoms with Crippen molar-refractivity contribution in [2.75, 3.05) is 6.54 Å². The Bertz CT molecular complexity index is 185. The van der Waals surface area contributed by atoms with Crippen LogP contribution in [0.1, 0.15) is 65.7 Å². The molecule has 0 saturated carbocycles. The predicted octanol–water partition coefficient (Wildman–Crippen LogP) is 3.10. The number of nitrogens with one attached hydrogen (secondary N) is 1. The molecule has 2 N–H and O–H groups in total. The standard InChI is InChI=1S/C14H29NO/c1-4-7-12(2)10-14(3,16)11-13-8-5-6-9-15-13/h12-13,15-16H,4-11H2,1-3H3. The molecule has 1 fully saturated rings. The first-order chi connectivity index (χ1) is 7.53. The lowest BCUT2D eigenvalue weighted by Crippen LogP contribution is -2.41. The summed E-state index contributed by atoms with van der Waals surface area (Å²) >= 11 is 0. The first-order valence-electron chi connectivity index (χ1n) is 6.99. The summed E-state index contributed by atoms with van der Waals surface area (Å²) in [7, 11) is 0. The second-order valence-electron chi connectivity index (χ2n) is 5.95. The summed E-state index contributed by atoms with van der Waals surface area (Å²) in [5.41, 5.74) is -0.483. The first kappa shape index (κ1) is 14.0. The van der Waals surface area contributed by atoms with Crippen LogP contribution in [0.2, 0.25) is 0 Å². The van der Waals surface area contributed by atoms with E-state index in [0.29, 0.717) is 12.0 Å². The van der Waals surface area contributed by atoms with Crippen LogP contribution in [0.15, 0.2) is 0 Å². The molecule has 0 aromatic carbocycles. The van der Waals surface area contributed by atoms with Crippen LogP contribution in [-0.2, 0) is 0 Å². The lowest BCUT2D eigenvalue weighted by Gasteiger charge is -2.33. The highest BCUT2D eigenvalue weighted by Gasteiger charge is 2.27. The molecule has 0 aromatic heterocycles. The normalized spacial score (nSPS) is 27.4. The Balaban J connectivity index is 2.31. The van der Waals surface area contributed by atoms with Crippen molar-refractivity contribution in [1.29, 1.82) is 0 Å². The highest BCUT2D eigenvalue weighted by molar-refractivity contribution is 4.84. The average molecular weight is 227 g/mol. The second kappa shape index (κ2) is 6.61. The fourth-order valence-electron chi connectivity index (χ4n) is 3.06. The van der Waals surface area contributed by atoms with E-state index in [2.05, 4.69) is 19.2 Å². The van der Waals surface area contributed by atoms with Gasteiger partial charge in [0.15, 0.2) is 0 Å². The van der Waals surface area contributed by atoms with E-state index in [1.807, 2.05) is 6.92 Å². The van der Waals surface area contributed by atoms with Crippen molar-refractivity contribution in [3.63, 3.8) is 0 Å². The molecule has 1 aliphatic rings. The van der Waals surface area contributed by atoms with E-state index in [0.717, 1.165) is 19.4 Å². The largest absolute Gasteiger partial charge is 0.390 e. The minimum atomic E-state index is -0.483. The zero-order chi connectivity index (χ0) is 12.0. The molecule has 2 heteroatoms. The SMILES string of the molecule is CCCC(C)CC(C)(O)CC1CCCCN1. The molecule has 0 spiro atoms. The summed E-state index contributed by atoms with van der Waals surface area (Å²) in [5.74, 6) is 0.642. The molecule has 1 saturated heterocycles. The highest BCUT2D eigenvalue weighted by atomic mass is 16.3. The van der Waals surface area contributed by atoms with Crippen molar-refractivity contribution >= 4 is 0 Å². The van der Waals surface area contributed by atoms with Gasteiger partial charge in [0, 0.05) is 6.04 Å². The number of hydrogen-bond donors (Lipinski definition) is 2. The van der Waals surface area contributed by atoms with Crippen molar-refractivity contribution in [3.8, 4) is 0 Å². The van der Waals surface area contributed by atoms with Gasteiger partial charge < -0.3 is 10.4 Å².